The van der Waals surface area contributed by atoms with E-state index < -0.39 is 9.85 Å². The highest BCUT2D eigenvalue weighted by Crippen LogP contribution is 2.33. The van der Waals surface area contributed by atoms with Crippen molar-refractivity contribution >= 4 is 44.7 Å². The van der Waals surface area contributed by atoms with Crippen molar-refractivity contribution in [1.29, 1.82) is 0 Å². The Bertz CT molecular complexity index is 954. The first-order chi connectivity index (χ1) is 11.5. The molecular formula is C15H9N3O4S2. The Morgan fingerprint density at radius 2 is 1.88 bits per heavy atom. The molecule has 0 saturated carbocycles. The van der Waals surface area contributed by atoms with Crippen LogP contribution in [0.3, 0.4) is 0 Å². The van der Waals surface area contributed by atoms with Crippen LogP contribution in [0.15, 0.2) is 58.3 Å². The van der Waals surface area contributed by atoms with Crippen LogP contribution in [0.2, 0.25) is 0 Å². The summed E-state index contributed by atoms with van der Waals surface area (Å²) in [6, 6.07) is 13.0. The molecule has 0 N–H and O–H groups in total. The molecular weight excluding hydrogens is 350 g/mol. The van der Waals surface area contributed by atoms with Gasteiger partial charge in [-0.1, -0.05) is 30.0 Å². The summed E-state index contributed by atoms with van der Waals surface area (Å²) in [7, 11) is 0. The summed E-state index contributed by atoms with van der Waals surface area (Å²) in [5, 5.41) is 23.5. The summed E-state index contributed by atoms with van der Waals surface area (Å²) in [6.45, 7) is 0. The van der Waals surface area contributed by atoms with Crippen molar-refractivity contribution in [3.8, 4) is 0 Å². The highest BCUT2D eigenvalue weighted by Gasteiger charge is 2.15. The normalized spacial score (nSPS) is 11.6. The van der Waals surface area contributed by atoms with Crippen molar-refractivity contribution < 1.29 is 9.85 Å². The van der Waals surface area contributed by atoms with E-state index in [0.29, 0.717) is 20.1 Å². The number of nitrogens with zero attached hydrogens (tertiary/aromatic N) is 3. The fourth-order valence-electron chi connectivity index (χ4n) is 1.99. The summed E-state index contributed by atoms with van der Waals surface area (Å²) in [6.07, 6.45) is 0. The number of hydrogen-bond acceptors (Lipinski definition) is 7. The van der Waals surface area contributed by atoms with Crippen LogP contribution < -0.4 is 0 Å². The van der Waals surface area contributed by atoms with Gasteiger partial charge in [0.25, 0.3) is 11.4 Å². The quantitative estimate of drug-likeness (QED) is 0.376. The molecule has 9 heteroatoms. The molecule has 0 amide bonds. The van der Waals surface area contributed by atoms with Crippen LogP contribution in [0.5, 0.6) is 0 Å². The van der Waals surface area contributed by atoms with Crippen LogP contribution in [0.25, 0.3) is 15.9 Å². The third kappa shape index (κ3) is 3.42. The van der Waals surface area contributed by atoms with Gasteiger partial charge in [0.05, 0.1) is 31.0 Å². The average Bonchev–Trinajstić information content (AvgIpc) is 2.97. The molecule has 0 bridgehead atoms. The van der Waals surface area contributed by atoms with Crippen LogP contribution in [0, 0.1) is 20.2 Å². The number of non-ortho nitro benzene ring substituents is 1. The monoisotopic (exact) mass is 359 g/mol. The van der Waals surface area contributed by atoms with Crippen molar-refractivity contribution in [3.63, 3.8) is 0 Å². The molecule has 0 aliphatic carbocycles. The standard InChI is InChI=1S/C15H9N3O4S2/c19-17(20)11-6-7-12-14(8-11)24-15(16-12)23-9-13(18(21)22)10-4-2-1-3-5-10/h1-9H. The van der Waals surface area contributed by atoms with Gasteiger partial charge in [-0.05, 0) is 18.2 Å². The average molecular weight is 359 g/mol. The number of nitro groups is 2. The third-order valence-corrected chi connectivity index (χ3v) is 5.09. The van der Waals surface area contributed by atoms with Gasteiger partial charge in [-0.25, -0.2) is 4.98 Å². The molecule has 1 aromatic heterocycles. The molecule has 0 aliphatic heterocycles. The van der Waals surface area contributed by atoms with Gasteiger partial charge in [-0.2, -0.15) is 0 Å². The number of hydrogen-bond donors (Lipinski definition) is 0. The minimum atomic E-state index is -0.466. The molecule has 3 aromatic rings. The minimum Gasteiger partial charge on any atom is -0.258 e. The molecule has 2 aromatic carbocycles. The first kappa shape index (κ1) is 16.1. The van der Waals surface area contributed by atoms with Crippen molar-refractivity contribution in [2.45, 2.75) is 4.34 Å². The smallest absolute Gasteiger partial charge is 0.258 e. The van der Waals surface area contributed by atoms with Crippen molar-refractivity contribution in [1.82, 2.24) is 4.98 Å². The first-order valence-corrected chi connectivity index (χ1v) is 8.36. The molecule has 0 unspecified atom stereocenters. The highest BCUT2D eigenvalue weighted by atomic mass is 32.2. The Morgan fingerprint density at radius 3 is 2.54 bits per heavy atom. The van der Waals surface area contributed by atoms with Crippen LogP contribution >= 0.6 is 23.1 Å². The summed E-state index contributed by atoms with van der Waals surface area (Å²) >= 11 is 2.38. The number of fused-ring (bicyclic) bond motifs is 1. The van der Waals surface area contributed by atoms with E-state index in [9.17, 15) is 20.2 Å². The molecule has 0 atom stereocenters. The molecule has 7 nitrogen and oxygen atoms in total. The topological polar surface area (TPSA) is 99.2 Å². The van der Waals surface area contributed by atoms with Gasteiger partial charge >= 0.3 is 0 Å². The summed E-state index contributed by atoms with van der Waals surface area (Å²) in [5.74, 6) is 0. The van der Waals surface area contributed by atoms with Gasteiger partial charge in [-0.15, -0.1) is 11.3 Å². The maximum atomic E-state index is 11.2. The number of aromatic nitrogens is 1. The summed E-state index contributed by atoms with van der Waals surface area (Å²) < 4.78 is 1.25. The van der Waals surface area contributed by atoms with Gasteiger partial charge in [0, 0.05) is 12.1 Å². The molecule has 24 heavy (non-hydrogen) atoms. The van der Waals surface area contributed by atoms with E-state index in [4.69, 9.17) is 0 Å². The molecule has 120 valence electrons. The predicted octanol–water partition coefficient (Wildman–Crippen LogP) is 4.57. The van der Waals surface area contributed by atoms with E-state index in [1.54, 1.807) is 36.4 Å². The van der Waals surface area contributed by atoms with Crippen molar-refractivity contribution in [2.75, 3.05) is 0 Å². The molecule has 3 rings (SSSR count). The molecule has 0 spiro atoms. The predicted molar refractivity (Wildman–Crippen MR) is 93.5 cm³/mol. The lowest BCUT2D eigenvalue weighted by atomic mass is 10.2. The van der Waals surface area contributed by atoms with E-state index in [-0.39, 0.29) is 11.4 Å². The molecule has 0 fully saturated rings. The summed E-state index contributed by atoms with van der Waals surface area (Å²) in [5.41, 5.74) is 1.11. The Balaban J connectivity index is 1.90. The van der Waals surface area contributed by atoms with E-state index in [0.717, 1.165) is 11.8 Å². The number of rotatable bonds is 5. The molecule has 0 saturated heterocycles. The second kappa shape index (κ2) is 6.77. The fourth-order valence-corrected chi connectivity index (χ4v) is 3.91. The Kier molecular flexibility index (Phi) is 4.54. The number of benzene rings is 2. The van der Waals surface area contributed by atoms with Gasteiger partial charge in [0.2, 0.25) is 0 Å². The van der Waals surface area contributed by atoms with Crippen LogP contribution in [-0.2, 0) is 0 Å². The lowest BCUT2D eigenvalue weighted by Gasteiger charge is -1.97. The molecule has 1 heterocycles. The first-order valence-electron chi connectivity index (χ1n) is 6.66. The van der Waals surface area contributed by atoms with Gasteiger partial charge in [0.1, 0.15) is 0 Å². The van der Waals surface area contributed by atoms with E-state index >= 15 is 0 Å². The maximum absolute atomic E-state index is 11.2. The van der Waals surface area contributed by atoms with Gasteiger partial charge in [0.15, 0.2) is 4.34 Å². The Morgan fingerprint density at radius 1 is 1.12 bits per heavy atom. The zero-order chi connectivity index (χ0) is 17.1. The van der Waals surface area contributed by atoms with E-state index in [1.807, 2.05) is 0 Å². The second-order valence-electron chi connectivity index (χ2n) is 4.63. The minimum absolute atomic E-state index is 0.00601. The van der Waals surface area contributed by atoms with Crippen LogP contribution in [0.4, 0.5) is 5.69 Å². The molecule has 0 radical (unpaired) electrons. The number of thiazole rings is 1. The zero-order valence-electron chi connectivity index (χ0n) is 12.0. The Hall–Kier alpha value is -2.78. The number of nitro benzene ring substituents is 1. The SMILES string of the molecule is O=[N+]([O-])C(=CSc1nc2ccc([N+](=O)[O-])cc2s1)c1ccccc1. The largest absolute Gasteiger partial charge is 0.283 e. The van der Waals surface area contributed by atoms with Gasteiger partial charge in [-0.3, -0.25) is 20.2 Å². The second-order valence-corrected chi connectivity index (χ2v) is 6.78. The van der Waals surface area contributed by atoms with Crippen LogP contribution in [-0.4, -0.2) is 14.8 Å². The fraction of sp³-hybridized carbons (Fsp3) is 0. The van der Waals surface area contributed by atoms with Crippen molar-refractivity contribution in [3.05, 3.63) is 79.7 Å². The lowest BCUT2D eigenvalue weighted by molar-refractivity contribution is -0.384. The molecule has 0 aliphatic rings. The maximum Gasteiger partial charge on any atom is 0.283 e. The lowest BCUT2D eigenvalue weighted by Crippen LogP contribution is -1.96. The summed E-state index contributed by atoms with van der Waals surface area (Å²) in [4.78, 5) is 25.5. The van der Waals surface area contributed by atoms with E-state index in [1.165, 1.54) is 28.9 Å². The highest BCUT2D eigenvalue weighted by molar-refractivity contribution is 8.04. The Labute approximate surface area is 143 Å². The van der Waals surface area contributed by atoms with Crippen molar-refractivity contribution in [2.24, 2.45) is 0 Å². The zero-order valence-corrected chi connectivity index (χ0v) is 13.6. The van der Waals surface area contributed by atoms with Crippen LogP contribution in [0.1, 0.15) is 5.56 Å². The van der Waals surface area contributed by atoms with E-state index in [2.05, 4.69) is 4.98 Å². The van der Waals surface area contributed by atoms with Gasteiger partial charge < -0.3 is 0 Å². The third-order valence-electron chi connectivity index (χ3n) is 3.10. The number of thioether (sulfide) groups is 1.